The number of ketones is 1. The van der Waals surface area contributed by atoms with Gasteiger partial charge in [-0.1, -0.05) is 30.3 Å². The highest BCUT2D eigenvalue weighted by molar-refractivity contribution is 6.30. The molecule has 30 heavy (non-hydrogen) atoms. The van der Waals surface area contributed by atoms with Crippen LogP contribution in [0.4, 0.5) is 5.82 Å². The first kappa shape index (κ1) is 18.1. The number of nitrogens with zero attached hydrogens (tertiary/aromatic N) is 3. The standard InChI is InChI=1S/C22H17N3O5/c1-24-20-17(21(29)25(2)22(24)30)15(10-7-8-13(26)14(27)9-10)16-18(23-20)11-5-3-4-6-12(11)19(16)28/h3-9,15-16,26-27H,1-2H3. The molecule has 0 saturated heterocycles. The Morgan fingerprint density at radius 3 is 2.27 bits per heavy atom. The summed E-state index contributed by atoms with van der Waals surface area (Å²) in [6.45, 7) is 0. The quantitative estimate of drug-likeness (QED) is 0.599. The SMILES string of the molecule is Cn1c2c(c(=O)n(C)c1=O)C(c1ccc(O)c(O)c1)C1C(=O)c3ccccc3C1=N2. The molecule has 8 heteroatoms. The number of aliphatic imine (C=N–C) groups is 1. The molecule has 5 rings (SSSR count). The minimum Gasteiger partial charge on any atom is -0.504 e. The molecular formula is C22H17N3O5. The summed E-state index contributed by atoms with van der Waals surface area (Å²) in [6.07, 6.45) is 0. The number of fused-ring (bicyclic) bond motifs is 4. The Morgan fingerprint density at radius 1 is 0.867 bits per heavy atom. The Balaban J connectivity index is 1.91. The van der Waals surface area contributed by atoms with Crippen LogP contribution in [0, 0.1) is 5.92 Å². The molecule has 2 N–H and O–H groups in total. The van der Waals surface area contributed by atoms with Crippen molar-refractivity contribution in [2.75, 3.05) is 0 Å². The monoisotopic (exact) mass is 403 g/mol. The molecule has 1 aliphatic heterocycles. The molecule has 1 aromatic heterocycles. The molecule has 0 fully saturated rings. The predicted molar refractivity (Wildman–Crippen MR) is 109 cm³/mol. The van der Waals surface area contributed by atoms with Crippen LogP contribution in [-0.4, -0.2) is 30.8 Å². The number of aromatic nitrogens is 2. The molecule has 2 aliphatic rings. The minimum absolute atomic E-state index is 0.177. The van der Waals surface area contributed by atoms with Crippen LogP contribution in [0.5, 0.6) is 11.5 Å². The lowest BCUT2D eigenvalue weighted by molar-refractivity contribution is 0.0953. The number of benzene rings is 2. The van der Waals surface area contributed by atoms with Crippen molar-refractivity contribution in [3.63, 3.8) is 0 Å². The van der Waals surface area contributed by atoms with E-state index in [2.05, 4.69) is 4.99 Å². The number of phenols is 2. The van der Waals surface area contributed by atoms with Crippen LogP contribution in [0.3, 0.4) is 0 Å². The van der Waals surface area contributed by atoms with E-state index in [-0.39, 0.29) is 28.7 Å². The number of rotatable bonds is 1. The van der Waals surface area contributed by atoms with Gasteiger partial charge in [-0.05, 0) is 17.7 Å². The first-order valence-corrected chi connectivity index (χ1v) is 9.35. The number of phenolic OH excluding ortho intramolecular Hbond substituents is 2. The fraction of sp³-hybridized carbons (Fsp3) is 0.182. The average Bonchev–Trinajstić information content (AvgIpc) is 3.03. The van der Waals surface area contributed by atoms with E-state index in [4.69, 9.17) is 0 Å². The molecule has 3 aromatic rings. The van der Waals surface area contributed by atoms with Crippen molar-refractivity contribution in [2.24, 2.45) is 25.0 Å². The van der Waals surface area contributed by atoms with Gasteiger partial charge in [-0.25, -0.2) is 9.79 Å². The van der Waals surface area contributed by atoms with Gasteiger partial charge in [-0.15, -0.1) is 0 Å². The third-order valence-electron chi connectivity index (χ3n) is 5.94. The molecule has 150 valence electrons. The van der Waals surface area contributed by atoms with Gasteiger partial charge in [0.1, 0.15) is 5.82 Å². The van der Waals surface area contributed by atoms with Crippen molar-refractivity contribution in [3.8, 4) is 11.5 Å². The van der Waals surface area contributed by atoms with Crippen molar-refractivity contribution in [1.29, 1.82) is 0 Å². The van der Waals surface area contributed by atoms with E-state index in [0.717, 1.165) is 4.57 Å². The Labute approximate surface area is 170 Å². The third kappa shape index (κ3) is 2.21. The molecule has 0 bridgehead atoms. The van der Waals surface area contributed by atoms with E-state index in [1.807, 2.05) is 0 Å². The van der Waals surface area contributed by atoms with E-state index in [0.29, 0.717) is 22.4 Å². The van der Waals surface area contributed by atoms with Crippen molar-refractivity contribution < 1.29 is 15.0 Å². The fourth-order valence-electron chi connectivity index (χ4n) is 4.46. The maximum Gasteiger partial charge on any atom is 0.332 e. The lowest BCUT2D eigenvalue weighted by atomic mass is 9.76. The molecule has 0 spiro atoms. The molecule has 2 unspecified atom stereocenters. The van der Waals surface area contributed by atoms with Crippen LogP contribution < -0.4 is 11.2 Å². The van der Waals surface area contributed by atoms with E-state index in [1.54, 1.807) is 30.3 Å². The molecule has 0 radical (unpaired) electrons. The zero-order valence-electron chi connectivity index (χ0n) is 16.2. The average molecular weight is 403 g/mol. The molecule has 8 nitrogen and oxygen atoms in total. The second-order valence-electron chi connectivity index (χ2n) is 7.55. The summed E-state index contributed by atoms with van der Waals surface area (Å²) < 4.78 is 2.28. The van der Waals surface area contributed by atoms with Crippen LogP contribution in [-0.2, 0) is 14.1 Å². The number of aromatic hydroxyl groups is 2. The third-order valence-corrected chi connectivity index (χ3v) is 5.94. The Morgan fingerprint density at radius 2 is 1.57 bits per heavy atom. The Hall–Kier alpha value is -3.94. The van der Waals surface area contributed by atoms with E-state index in [9.17, 15) is 24.6 Å². The maximum atomic E-state index is 13.4. The Kier molecular flexibility index (Phi) is 3.64. The molecule has 2 heterocycles. The molecule has 0 saturated carbocycles. The normalized spacial score (nSPS) is 19.1. The second-order valence-corrected chi connectivity index (χ2v) is 7.55. The van der Waals surface area contributed by atoms with Gasteiger partial charge in [-0.2, -0.15) is 0 Å². The number of Topliss-reactive ketones (excluding diaryl/α,β-unsaturated/α-hetero) is 1. The van der Waals surface area contributed by atoms with Crippen molar-refractivity contribution in [3.05, 3.63) is 85.6 Å². The summed E-state index contributed by atoms with van der Waals surface area (Å²) in [7, 11) is 2.90. The van der Waals surface area contributed by atoms with Gasteiger partial charge in [0, 0.05) is 31.1 Å². The zero-order chi connectivity index (χ0) is 21.3. The molecule has 0 amide bonds. The summed E-state index contributed by atoms with van der Waals surface area (Å²) in [5.74, 6) is -2.20. The fourth-order valence-corrected chi connectivity index (χ4v) is 4.46. The highest BCUT2D eigenvalue weighted by Gasteiger charge is 2.47. The zero-order valence-corrected chi connectivity index (χ0v) is 16.2. The highest BCUT2D eigenvalue weighted by Crippen LogP contribution is 2.47. The minimum atomic E-state index is -0.774. The van der Waals surface area contributed by atoms with Gasteiger partial charge in [0.15, 0.2) is 17.3 Å². The summed E-state index contributed by atoms with van der Waals surface area (Å²) in [5.41, 5.74) is 1.27. The van der Waals surface area contributed by atoms with Crippen molar-refractivity contribution in [1.82, 2.24) is 9.13 Å². The van der Waals surface area contributed by atoms with E-state index < -0.39 is 23.1 Å². The van der Waals surface area contributed by atoms with Crippen LogP contribution in [0.25, 0.3) is 0 Å². The summed E-state index contributed by atoms with van der Waals surface area (Å²) in [4.78, 5) is 43.6. The number of carbonyl (C=O) groups excluding carboxylic acids is 1. The summed E-state index contributed by atoms with van der Waals surface area (Å²) >= 11 is 0. The molecular weight excluding hydrogens is 386 g/mol. The largest absolute Gasteiger partial charge is 0.504 e. The van der Waals surface area contributed by atoms with Crippen LogP contribution in [0.1, 0.15) is 33.0 Å². The smallest absolute Gasteiger partial charge is 0.332 e. The van der Waals surface area contributed by atoms with Crippen LogP contribution in [0.2, 0.25) is 0 Å². The van der Waals surface area contributed by atoms with Crippen molar-refractivity contribution in [2.45, 2.75) is 5.92 Å². The first-order chi connectivity index (χ1) is 14.3. The van der Waals surface area contributed by atoms with Gasteiger partial charge < -0.3 is 10.2 Å². The van der Waals surface area contributed by atoms with Crippen molar-refractivity contribution >= 4 is 17.3 Å². The number of hydrogen-bond acceptors (Lipinski definition) is 6. The lowest BCUT2D eigenvalue weighted by Crippen LogP contribution is -2.43. The maximum absolute atomic E-state index is 13.4. The second kappa shape index (κ2) is 6.03. The number of carbonyl (C=O) groups is 1. The van der Waals surface area contributed by atoms with Crippen LogP contribution in [0.15, 0.2) is 57.0 Å². The number of hydrogen-bond donors (Lipinski definition) is 2. The van der Waals surface area contributed by atoms with Gasteiger partial charge in [0.25, 0.3) is 5.56 Å². The van der Waals surface area contributed by atoms with Gasteiger partial charge >= 0.3 is 5.69 Å². The van der Waals surface area contributed by atoms with E-state index >= 15 is 0 Å². The van der Waals surface area contributed by atoms with Gasteiger partial charge in [-0.3, -0.25) is 18.7 Å². The highest BCUT2D eigenvalue weighted by atomic mass is 16.3. The predicted octanol–water partition coefficient (Wildman–Crippen LogP) is 1.57. The molecule has 1 aliphatic carbocycles. The van der Waals surface area contributed by atoms with Crippen LogP contribution >= 0.6 is 0 Å². The van der Waals surface area contributed by atoms with E-state index in [1.165, 1.54) is 30.8 Å². The lowest BCUT2D eigenvalue weighted by Gasteiger charge is -2.30. The first-order valence-electron chi connectivity index (χ1n) is 9.35. The Bertz CT molecular complexity index is 1410. The molecule has 2 atom stereocenters. The van der Waals surface area contributed by atoms with Gasteiger partial charge in [0.2, 0.25) is 0 Å². The summed E-state index contributed by atoms with van der Waals surface area (Å²) in [6, 6.07) is 11.3. The topological polar surface area (TPSA) is 114 Å². The molecule has 2 aromatic carbocycles. The summed E-state index contributed by atoms with van der Waals surface area (Å²) in [5, 5.41) is 19.8. The van der Waals surface area contributed by atoms with Gasteiger partial charge in [0.05, 0.1) is 17.2 Å².